The molecule has 0 spiro atoms. The number of carboxylic acids is 1. The summed E-state index contributed by atoms with van der Waals surface area (Å²) in [7, 11) is 0. The molecule has 4 rings (SSSR count). The molecule has 5 heteroatoms. The lowest BCUT2D eigenvalue weighted by Crippen LogP contribution is -2.14. The lowest BCUT2D eigenvalue weighted by molar-refractivity contribution is 0.0690. The van der Waals surface area contributed by atoms with Crippen LogP contribution >= 0.6 is 0 Å². The molecular formula is C17H15N3O2. The van der Waals surface area contributed by atoms with Crippen LogP contribution in [0.5, 0.6) is 0 Å². The number of hydrogen-bond donors (Lipinski definition) is 1. The second-order valence-electron chi connectivity index (χ2n) is 5.66. The van der Waals surface area contributed by atoms with Crippen molar-refractivity contribution in [2.45, 2.75) is 25.2 Å². The number of rotatable bonds is 3. The Morgan fingerprint density at radius 2 is 1.95 bits per heavy atom. The van der Waals surface area contributed by atoms with Crippen LogP contribution < -0.4 is 0 Å². The fourth-order valence-electron chi connectivity index (χ4n) is 2.85. The van der Waals surface area contributed by atoms with Crippen molar-refractivity contribution < 1.29 is 9.90 Å². The Morgan fingerprint density at radius 3 is 2.59 bits per heavy atom. The van der Waals surface area contributed by atoms with Gasteiger partial charge in [-0.3, -0.25) is 0 Å². The second kappa shape index (κ2) is 4.94. The molecule has 1 aliphatic rings. The summed E-state index contributed by atoms with van der Waals surface area (Å²) >= 11 is 0. The van der Waals surface area contributed by atoms with E-state index in [0.717, 1.165) is 29.8 Å². The molecule has 0 radical (unpaired) electrons. The summed E-state index contributed by atoms with van der Waals surface area (Å²) in [5.74, 6) is -0.583. The molecule has 1 fully saturated rings. The molecule has 0 saturated heterocycles. The van der Waals surface area contributed by atoms with Crippen molar-refractivity contribution in [1.29, 1.82) is 0 Å². The molecule has 22 heavy (non-hydrogen) atoms. The van der Waals surface area contributed by atoms with Gasteiger partial charge in [0.25, 0.3) is 0 Å². The van der Waals surface area contributed by atoms with E-state index in [4.69, 9.17) is 5.11 Å². The fraction of sp³-hybridized carbons (Fsp3) is 0.235. The Balaban J connectivity index is 1.94. The summed E-state index contributed by atoms with van der Waals surface area (Å²) in [6, 6.07) is 13.5. The van der Waals surface area contributed by atoms with Crippen LogP contribution in [0.3, 0.4) is 0 Å². The molecule has 0 bridgehead atoms. The van der Waals surface area contributed by atoms with Gasteiger partial charge in [-0.05, 0) is 18.9 Å². The fourth-order valence-corrected chi connectivity index (χ4v) is 2.85. The van der Waals surface area contributed by atoms with Crippen molar-refractivity contribution in [3.8, 4) is 11.3 Å². The third kappa shape index (κ3) is 2.06. The van der Waals surface area contributed by atoms with Crippen LogP contribution in [0.1, 0.15) is 41.4 Å². The van der Waals surface area contributed by atoms with Crippen molar-refractivity contribution in [1.82, 2.24) is 14.6 Å². The zero-order valence-corrected chi connectivity index (χ0v) is 11.9. The Bertz CT molecular complexity index is 851. The van der Waals surface area contributed by atoms with E-state index in [2.05, 4.69) is 10.1 Å². The minimum absolute atomic E-state index is 0.0401. The number of fused-ring (bicyclic) bond motifs is 1. The molecule has 0 aliphatic heterocycles. The normalized spacial score (nSPS) is 14.9. The van der Waals surface area contributed by atoms with Crippen LogP contribution in [0.15, 0.2) is 42.5 Å². The van der Waals surface area contributed by atoms with E-state index >= 15 is 0 Å². The average Bonchev–Trinajstić information content (AvgIpc) is 2.91. The molecule has 1 aromatic carbocycles. The molecule has 1 N–H and O–H groups in total. The van der Waals surface area contributed by atoms with Crippen LogP contribution in [-0.2, 0) is 0 Å². The summed E-state index contributed by atoms with van der Waals surface area (Å²) in [5, 5.41) is 13.4. The standard InChI is InChI=1S/C17H15N3O2/c21-17(22)14-10-16-18-13(11-5-2-1-3-6-11)9-15(20(16)19-14)12-7-4-8-12/h1-3,5-6,9-10,12H,4,7-8H2,(H,21,22). The van der Waals surface area contributed by atoms with Gasteiger partial charge in [0.1, 0.15) is 0 Å². The number of carboxylic acid groups (broad SMARTS) is 1. The van der Waals surface area contributed by atoms with E-state index in [0.29, 0.717) is 11.6 Å². The van der Waals surface area contributed by atoms with Crippen molar-refractivity contribution in [3.05, 3.63) is 53.9 Å². The summed E-state index contributed by atoms with van der Waals surface area (Å²) in [5.41, 5.74) is 3.59. The van der Waals surface area contributed by atoms with Gasteiger partial charge in [-0.15, -0.1) is 0 Å². The molecular weight excluding hydrogens is 278 g/mol. The number of aromatic carboxylic acids is 1. The second-order valence-corrected chi connectivity index (χ2v) is 5.66. The maximum Gasteiger partial charge on any atom is 0.356 e. The molecule has 1 saturated carbocycles. The van der Waals surface area contributed by atoms with Gasteiger partial charge in [0.05, 0.1) is 5.69 Å². The average molecular weight is 293 g/mol. The number of hydrogen-bond acceptors (Lipinski definition) is 3. The van der Waals surface area contributed by atoms with Crippen LogP contribution in [0.2, 0.25) is 0 Å². The SMILES string of the molecule is O=C(O)c1cc2nc(-c3ccccc3)cc(C3CCC3)n2n1. The first-order valence-corrected chi connectivity index (χ1v) is 7.42. The van der Waals surface area contributed by atoms with Gasteiger partial charge in [-0.25, -0.2) is 14.3 Å². The topological polar surface area (TPSA) is 67.5 Å². The first kappa shape index (κ1) is 13.0. The number of aromatic nitrogens is 3. The predicted octanol–water partition coefficient (Wildman–Crippen LogP) is 3.36. The van der Waals surface area contributed by atoms with Gasteiger partial charge in [0.2, 0.25) is 0 Å². The minimum atomic E-state index is -1.02. The molecule has 1 aliphatic carbocycles. The zero-order chi connectivity index (χ0) is 15.1. The Kier molecular flexibility index (Phi) is 2.92. The van der Waals surface area contributed by atoms with E-state index in [9.17, 15) is 4.79 Å². The highest BCUT2D eigenvalue weighted by Crippen LogP contribution is 2.37. The number of carbonyl (C=O) groups is 1. The van der Waals surface area contributed by atoms with E-state index in [1.807, 2.05) is 36.4 Å². The highest BCUT2D eigenvalue weighted by molar-refractivity contribution is 5.86. The highest BCUT2D eigenvalue weighted by Gasteiger charge is 2.25. The molecule has 0 unspecified atom stereocenters. The van der Waals surface area contributed by atoms with Crippen molar-refractivity contribution in [3.63, 3.8) is 0 Å². The molecule has 3 aromatic rings. The number of nitrogens with zero attached hydrogens (tertiary/aromatic N) is 3. The van der Waals surface area contributed by atoms with Gasteiger partial charge >= 0.3 is 5.97 Å². The maximum atomic E-state index is 11.2. The van der Waals surface area contributed by atoms with Crippen molar-refractivity contribution in [2.75, 3.05) is 0 Å². The Hall–Kier alpha value is -2.69. The minimum Gasteiger partial charge on any atom is -0.476 e. The van der Waals surface area contributed by atoms with E-state index in [1.54, 1.807) is 4.52 Å². The van der Waals surface area contributed by atoms with Gasteiger partial charge in [-0.2, -0.15) is 5.10 Å². The predicted molar refractivity (Wildman–Crippen MR) is 82.0 cm³/mol. The summed E-state index contributed by atoms with van der Waals surface area (Å²) in [6.07, 6.45) is 3.45. The van der Waals surface area contributed by atoms with Crippen LogP contribution in [0.25, 0.3) is 16.9 Å². The largest absolute Gasteiger partial charge is 0.476 e. The Morgan fingerprint density at radius 1 is 1.18 bits per heavy atom. The van der Waals surface area contributed by atoms with Crippen LogP contribution in [-0.4, -0.2) is 25.7 Å². The lowest BCUT2D eigenvalue weighted by Gasteiger charge is -2.26. The van der Waals surface area contributed by atoms with E-state index in [1.165, 1.54) is 12.5 Å². The first-order valence-electron chi connectivity index (χ1n) is 7.42. The van der Waals surface area contributed by atoms with E-state index < -0.39 is 5.97 Å². The third-order valence-electron chi connectivity index (χ3n) is 4.27. The lowest BCUT2D eigenvalue weighted by atomic mass is 9.82. The maximum absolute atomic E-state index is 11.2. The molecule has 110 valence electrons. The smallest absolute Gasteiger partial charge is 0.356 e. The quantitative estimate of drug-likeness (QED) is 0.804. The van der Waals surface area contributed by atoms with Gasteiger partial charge < -0.3 is 5.11 Å². The number of benzene rings is 1. The van der Waals surface area contributed by atoms with Crippen molar-refractivity contribution >= 4 is 11.6 Å². The Labute approximate surface area is 127 Å². The van der Waals surface area contributed by atoms with Crippen LogP contribution in [0, 0.1) is 0 Å². The monoisotopic (exact) mass is 293 g/mol. The van der Waals surface area contributed by atoms with Gasteiger partial charge in [0.15, 0.2) is 11.3 Å². The molecule has 5 nitrogen and oxygen atoms in total. The summed E-state index contributed by atoms with van der Waals surface area (Å²) in [4.78, 5) is 15.8. The summed E-state index contributed by atoms with van der Waals surface area (Å²) in [6.45, 7) is 0. The molecule has 2 aromatic heterocycles. The third-order valence-corrected chi connectivity index (χ3v) is 4.27. The highest BCUT2D eigenvalue weighted by atomic mass is 16.4. The van der Waals surface area contributed by atoms with E-state index in [-0.39, 0.29) is 5.69 Å². The molecule has 0 atom stereocenters. The molecule has 2 heterocycles. The van der Waals surface area contributed by atoms with Gasteiger partial charge in [-0.1, -0.05) is 36.8 Å². The van der Waals surface area contributed by atoms with Gasteiger partial charge in [0, 0.05) is 23.2 Å². The first-order chi connectivity index (χ1) is 10.7. The molecule has 0 amide bonds. The summed E-state index contributed by atoms with van der Waals surface area (Å²) < 4.78 is 1.69. The zero-order valence-electron chi connectivity index (χ0n) is 11.9. The van der Waals surface area contributed by atoms with Crippen LogP contribution in [0.4, 0.5) is 0 Å². The van der Waals surface area contributed by atoms with Crippen molar-refractivity contribution in [2.24, 2.45) is 0 Å².